The molecule has 0 saturated carbocycles. The minimum atomic E-state index is 0.0691. The van der Waals surface area contributed by atoms with Gasteiger partial charge in [-0.25, -0.2) is 0 Å². The number of rotatable bonds is 5. The van der Waals surface area contributed by atoms with E-state index in [-0.39, 0.29) is 5.78 Å². The molecule has 0 saturated heterocycles. The van der Waals surface area contributed by atoms with E-state index < -0.39 is 0 Å². The average Bonchev–Trinajstić information content (AvgIpc) is 2.29. The fourth-order valence-corrected chi connectivity index (χ4v) is 1.45. The van der Waals surface area contributed by atoms with Crippen LogP contribution in [0.4, 0.5) is 0 Å². The predicted molar refractivity (Wildman–Crippen MR) is 72.9 cm³/mol. The average molecular weight is 226 g/mol. The minimum Gasteiger partial charge on any atom is -0.295 e. The molecule has 0 fully saturated rings. The van der Waals surface area contributed by atoms with Crippen LogP contribution in [-0.4, -0.2) is 5.78 Å². The van der Waals surface area contributed by atoms with Gasteiger partial charge in [-0.3, -0.25) is 4.79 Å². The van der Waals surface area contributed by atoms with Crippen LogP contribution in [0, 0.1) is 0 Å². The van der Waals surface area contributed by atoms with Gasteiger partial charge in [0.2, 0.25) is 0 Å². The summed E-state index contributed by atoms with van der Waals surface area (Å²) in [7, 11) is 0. The van der Waals surface area contributed by atoms with E-state index >= 15 is 0 Å². The lowest BCUT2D eigenvalue weighted by atomic mass is 10.1. The lowest BCUT2D eigenvalue weighted by Crippen LogP contribution is -1.84. The number of benzene rings is 1. The number of carbonyl (C=O) groups excluding carboxylic acids is 1. The number of hydrogen-bond donors (Lipinski definition) is 0. The third kappa shape index (κ3) is 6.31. The number of ketones is 1. The van der Waals surface area contributed by atoms with E-state index in [9.17, 15) is 4.79 Å². The van der Waals surface area contributed by atoms with E-state index in [0.29, 0.717) is 0 Å². The maximum Gasteiger partial charge on any atom is 0.152 e. The zero-order valence-electron chi connectivity index (χ0n) is 10.4. The second-order valence-electron chi connectivity index (χ2n) is 4.03. The first kappa shape index (κ1) is 13.2. The maximum atomic E-state index is 10.6. The van der Waals surface area contributed by atoms with Crippen LogP contribution in [0.25, 0.3) is 0 Å². The van der Waals surface area contributed by atoms with E-state index in [1.165, 1.54) is 11.1 Å². The zero-order chi connectivity index (χ0) is 12.5. The van der Waals surface area contributed by atoms with E-state index in [1.807, 2.05) is 30.4 Å². The Balaban J connectivity index is 2.48. The molecule has 0 N–H and O–H groups in total. The Bertz CT molecular complexity index is 436. The van der Waals surface area contributed by atoms with Crippen LogP contribution in [0.1, 0.15) is 19.4 Å². The molecule has 1 heteroatoms. The highest BCUT2D eigenvalue weighted by molar-refractivity contribution is 5.87. The Morgan fingerprint density at radius 3 is 2.41 bits per heavy atom. The van der Waals surface area contributed by atoms with Crippen molar-refractivity contribution in [3.05, 3.63) is 71.8 Å². The van der Waals surface area contributed by atoms with Gasteiger partial charge >= 0.3 is 0 Å². The van der Waals surface area contributed by atoms with Gasteiger partial charge in [-0.1, -0.05) is 60.2 Å². The minimum absolute atomic E-state index is 0.0691. The molecule has 0 amide bonds. The smallest absolute Gasteiger partial charge is 0.152 e. The second-order valence-corrected chi connectivity index (χ2v) is 4.03. The standard InChI is InChI=1S/C16H18O/c1-14(9-5-3-6-10-15(2)17)13-16-11-7-4-8-12-16/h3-12H,13H2,1-2H3/b5-3+,10-6+,14-9+. The fourth-order valence-electron chi connectivity index (χ4n) is 1.45. The van der Waals surface area contributed by atoms with E-state index in [1.54, 1.807) is 19.1 Å². The Labute approximate surface area is 103 Å². The van der Waals surface area contributed by atoms with E-state index in [4.69, 9.17) is 0 Å². The number of allylic oxidation sites excluding steroid dienone is 6. The van der Waals surface area contributed by atoms with Gasteiger partial charge in [-0.15, -0.1) is 0 Å². The van der Waals surface area contributed by atoms with E-state index in [0.717, 1.165) is 6.42 Å². The molecule has 1 aromatic rings. The summed E-state index contributed by atoms with van der Waals surface area (Å²) >= 11 is 0. The topological polar surface area (TPSA) is 17.1 Å². The summed E-state index contributed by atoms with van der Waals surface area (Å²) in [6.07, 6.45) is 10.2. The molecule has 0 radical (unpaired) electrons. The van der Waals surface area contributed by atoms with Crippen molar-refractivity contribution >= 4 is 5.78 Å². The van der Waals surface area contributed by atoms with Crippen molar-refractivity contribution < 1.29 is 4.79 Å². The second kappa shape index (κ2) is 7.39. The van der Waals surface area contributed by atoms with Gasteiger partial charge in [0, 0.05) is 0 Å². The van der Waals surface area contributed by atoms with Gasteiger partial charge in [0.1, 0.15) is 0 Å². The molecule has 1 nitrogen and oxygen atoms in total. The van der Waals surface area contributed by atoms with Gasteiger partial charge in [0.25, 0.3) is 0 Å². The lowest BCUT2D eigenvalue weighted by molar-refractivity contribution is -0.112. The SMILES string of the molecule is CC(=O)/C=C/C=C/C=C(\C)Cc1ccccc1. The van der Waals surface area contributed by atoms with Crippen LogP contribution in [0.5, 0.6) is 0 Å². The van der Waals surface area contributed by atoms with Crippen LogP contribution in [0.3, 0.4) is 0 Å². The predicted octanol–water partition coefficient (Wildman–Crippen LogP) is 3.88. The Morgan fingerprint density at radius 2 is 1.76 bits per heavy atom. The summed E-state index contributed by atoms with van der Waals surface area (Å²) in [6, 6.07) is 10.4. The summed E-state index contributed by atoms with van der Waals surface area (Å²) in [5, 5.41) is 0. The van der Waals surface area contributed by atoms with Crippen molar-refractivity contribution in [1.29, 1.82) is 0 Å². The zero-order valence-corrected chi connectivity index (χ0v) is 10.4. The first-order valence-electron chi connectivity index (χ1n) is 5.73. The molecule has 0 heterocycles. The van der Waals surface area contributed by atoms with Crippen molar-refractivity contribution in [2.45, 2.75) is 20.3 Å². The molecule has 0 aliphatic heterocycles. The normalized spacial score (nSPS) is 12.5. The van der Waals surface area contributed by atoms with Crippen molar-refractivity contribution in [3.8, 4) is 0 Å². The van der Waals surface area contributed by atoms with Crippen LogP contribution in [-0.2, 0) is 11.2 Å². The summed E-state index contributed by atoms with van der Waals surface area (Å²) in [6.45, 7) is 3.65. The van der Waals surface area contributed by atoms with Crippen LogP contribution in [0.2, 0.25) is 0 Å². The van der Waals surface area contributed by atoms with Gasteiger partial charge in [0.15, 0.2) is 5.78 Å². The highest BCUT2D eigenvalue weighted by Crippen LogP contribution is 2.06. The molecule has 0 bridgehead atoms. The maximum absolute atomic E-state index is 10.6. The highest BCUT2D eigenvalue weighted by atomic mass is 16.1. The first-order valence-corrected chi connectivity index (χ1v) is 5.73. The third-order valence-corrected chi connectivity index (χ3v) is 2.26. The molecule has 0 aliphatic rings. The molecule has 88 valence electrons. The Kier molecular flexibility index (Phi) is 5.73. The summed E-state index contributed by atoms with van der Waals surface area (Å²) in [5.41, 5.74) is 2.61. The molecule has 17 heavy (non-hydrogen) atoms. The molecule has 0 unspecified atom stereocenters. The monoisotopic (exact) mass is 226 g/mol. The lowest BCUT2D eigenvalue weighted by Gasteiger charge is -1.99. The van der Waals surface area contributed by atoms with Crippen molar-refractivity contribution in [2.24, 2.45) is 0 Å². The third-order valence-electron chi connectivity index (χ3n) is 2.26. The van der Waals surface area contributed by atoms with Gasteiger partial charge in [-0.2, -0.15) is 0 Å². The molecule has 0 aromatic heterocycles. The van der Waals surface area contributed by atoms with Gasteiger partial charge < -0.3 is 0 Å². The largest absolute Gasteiger partial charge is 0.295 e. The molecule has 0 aliphatic carbocycles. The number of carbonyl (C=O) groups is 1. The first-order chi connectivity index (χ1) is 8.18. The van der Waals surface area contributed by atoms with Crippen LogP contribution in [0.15, 0.2) is 66.3 Å². The van der Waals surface area contributed by atoms with Crippen molar-refractivity contribution in [1.82, 2.24) is 0 Å². The summed E-state index contributed by atoms with van der Waals surface area (Å²) < 4.78 is 0. The van der Waals surface area contributed by atoms with Crippen molar-refractivity contribution in [2.75, 3.05) is 0 Å². The quantitative estimate of drug-likeness (QED) is 0.550. The van der Waals surface area contributed by atoms with Crippen LogP contribution >= 0.6 is 0 Å². The van der Waals surface area contributed by atoms with Crippen LogP contribution < -0.4 is 0 Å². The van der Waals surface area contributed by atoms with Crippen molar-refractivity contribution in [3.63, 3.8) is 0 Å². The Hall–Kier alpha value is -1.89. The van der Waals surface area contributed by atoms with E-state index in [2.05, 4.69) is 25.1 Å². The molecule has 1 aromatic carbocycles. The molecule has 0 atom stereocenters. The molecular formula is C16H18O. The summed E-state index contributed by atoms with van der Waals surface area (Å²) in [4.78, 5) is 10.6. The highest BCUT2D eigenvalue weighted by Gasteiger charge is 1.91. The van der Waals surface area contributed by atoms with Gasteiger partial charge in [-0.05, 0) is 31.9 Å². The molecule has 1 rings (SSSR count). The molecular weight excluding hydrogens is 208 g/mol. The molecule has 0 spiro atoms. The number of hydrogen-bond acceptors (Lipinski definition) is 1. The van der Waals surface area contributed by atoms with Gasteiger partial charge in [0.05, 0.1) is 0 Å². The summed E-state index contributed by atoms with van der Waals surface area (Å²) in [5.74, 6) is 0.0691. The fraction of sp³-hybridized carbons (Fsp3) is 0.188. The Morgan fingerprint density at radius 1 is 1.06 bits per heavy atom.